The summed E-state index contributed by atoms with van der Waals surface area (Å²) in [6.45, 7) is 2.43. The Hall–Kier alpha value is -5.37. The Kier molecular flexibility index (Phi) is 2.61. The fourth-order valence-electron chi connectivity index (χ4n) is 32.3. The quantitative estimate of drug-likeness (QED) is 0.156. The molecule has 22 atom stereocenters. The maximum atomic E-state index is 2.89. The number of thioether (sulfide) groups is 1. The minimum Gasteiger partial charge on any atom is -0.112 e. The van der Waals surface area contributed by atoms with E-state index in [1.54, 1.807) is 10.5 Å². The van der Waals surface area contributed by atoms with Crippen molar-refractivity contribution in [3.05, 3.63) is 141 Å². The molecule has 1 heterocycles. The van der Waals surface area contributed by atoms with Crippen molar-refractivity contribution in [2.24, 2.45) is 11.8 Å². The highest BCUT2D eigenvalue weighted by atomic mass is 32.2. The van der Waals surface area contributed by atoms with Crippen molar-refractivity contribution in [2.45, 2.75) is 141 Å². The van der Waals surface area contributed by atoms with Crippen LogP contribution in [0.25, 0.3) is 97.3 Å². The molecule has 23 aliphatic rings. The van der Waals surface area contributed by atoms with Crippen molar-refractivity contribution in [3.8, 4) is 11.1 Å². The largest absolute Gasteiger partial charge is 0.112 e. The van der Waals surface area contributed by atoms with Gasteiger partial charge in [-0.15, -0.1) is 11.8 Å². The zero-order chi connectivity index (χ0) is 41.5. The second-order valence-corrected chi connectivity index (χ2v) is 31.0. The molecule has 70 heavy (non-hydrogen) atoms. The van der Waals surface area contributed by atoms with Crippen molar-refractivity contribution in [1.82, 2.24) is 0 Å². The molecular weight excluding hydrogens is 861 g/mol. The monoisotopic (exact) mass is 890 g/mol. The van der Waals surface area contributed by atoms with Crippen LogP contribution < -0.4 is 0 Å². The first-order valence-electron chi connectivity index (χ1n) is 28.9. The van der Waals surface area contributed by atoms with E-state index in [4.69, 9.17) is 0 Å². The fourth-order valence-corrected chi connectivity index (χ4v) is 34.4. The summed E-state index contributed by atoms with van der Waals surface area (Å²) >= 11 is 2.60. The highest BCUT2D eigenvalue weighted by Gasteiger charge is 2.89. The number of fused-ring (bicyclic) bond motifs is 1. The van der Waals surface area contributed by atoms with E-state index in [9.17, 15) is 0 Å². The topological polar surface area (TPSA) is 0 Å². The first-order chi connectivity index (χ1) is 34.9. The van der Waals surface area contributed by atoms with Gasteiger partial charge in [-0.05, 0) is 351 Å². The first-order valence-corrected chi connectivity index (χ1v) is 29.7. The summed E-state index contributed by atoms with van der Waals surface area (Å²) in [5.74, 6) is 13.5. The highest BCUT2D eigenvalue weighted by Crippen LogP contribution is 3.01. The number of benzene rings is 10. The third kappa shape index (κ3) is 1.53. The van der Waals surface area contributed by atoms with Crippen LogP contribution in [-0.2, 0) is 16.6 Å². The standard InChI is InChI=1S/C69H30S/c1-2-3-7-4-5-8-9(6-7)70-69-66-60-54-44-32-24-16-12-10-11-14-18(16)26(32)36-30-22(14)23-15(11)19-17-13(10)21-20(12)28-34(24)42-48-38(28)39-29(21)35-25(17)33-27(19)37-31(23)41-40(30)52(46(36)54)62(66)63-53(41)47(37)55-45(33)51-43(35)49(39)57-56(48)64(58(60)50(42)44)68(8,69)65(57)59(51)61(55)67(63)69/h4-6,12,14,16,18,20,22,28,30,38-41,49,53,57,59,61,63,65,67H,2-3H2,1H3. The summed E-state index contributed by atoms with van der Waals surface area (Å²) in [5.41, 5.74) is 48.2. The second-order valence-electron chi connectivity index (χ2n) is 29.7. The Balaban J connectivity index is 1.02. The molecule has 11 aromatic carbocycles. The molecule has 0 nitrogen and oxygen atoms in total. The molecule has 312 valence electrons. The zero-order valence-corrected chi connectivity index (χ0v) is 38.4. The van der Waals surface area contributed by atoms with Crippen molar-refractivity contribution in [3.63, 3.8) is 0 Å². The lowest BCUT2D eigenvalue weighted by molar-refractivity contribution is 0.0341. The molecule has 0 amide bonds. The summed E-state index contributed by atoms with van der Waals surface area (Å²) in [6, 6.07) is 8.46. The second kappa shape index (κ2) is 6.52. The minimum atomic E-state index is 0.0469. The van der Waals surface area contributed by atoms with E-state index in [2.05, 4.69) is 48.0 Å². The number of hydrogen-bond acceptors (Lipinski definition) is 1. The number of aryl methyl sites for hydroxylation is 1. The van der Waals surface area contributed by atoms with E-state index >= 15 is 0 Å². The van der Waals surface area contributed by atoms with Crippen molar-refractivity contribution < 1.29 is 0 Å². The van der Waals surface area contributed by atoms with Gasteiger partial charge in [0.2, 0.25) is 0 Å². The van der Waals surface area contributed by atoms with Gasteiger partial charge < -0.3 is 0 Å². The van der Waals surface area contributed by atoms with E-state index < -0.39 is 0 Å². The smallest absolute Gasteiger partial charge is 0.0645 e. The molecule has 1 saturated carbocycles. The molecule has 11 aromatic rings. The number of rotatable bonds is 2. The normalized spacial score (nSPS) is 48.0. The van der Waals surface area contributed by atoms with Crippen molar-refractivity contribution in [2.75, 3.05) is 0 Å². The van der Waals surface area contributed by atoms with Gasteiger partial charge in [0.25, 0.3) is 0 Å². The van der Waals surface area contributed by atoms with Crippen molar-refractivity contribution in [1.29, 1.82) is 0 Å². The molecular formula is C69H30S. The van der Waals surface area contributed by atoms with Crippen LogP contribution >= 0.6 is 11.8 Å². The predicted molar refractivity (Wildman–Crippen MR) is 271 cm³/mol. The minimum absolute atomic E-state index is 0.0469. The molecule has 0 N–H and O–H groups in total. The molecule has 22 unspecified atom stereocenters. The van der Waals surface area contributed by atoms with Gasteiger partial charge in [-0.25, -0.2) is 0 Å². The number of hydrogen-bond donors (Lipinski definition) is 0. The molecule has 0 bridgehead atoms. The Morgan fingerprint density at radius 2 is 0.671 bits per heavy atom. The SMILES string of the molecule is CCCc1ccc2c(c1)SC13c4c5c6c7c8c9c%10c%11c%12c%13c%14c%15c(c%16c%13c%10c7c4-%16)C21C1C%15C2c4c7c%10c%13c%15c%16c%17c%18c%19c%20c%21c%22c%23c(c4c4c%22c%19c%16c%104)C2C%14C%12C%23C%21C%11C9C%20C%18C8C6C%17C%15C5C3C%13C71. The van der Waals surface area contributed by atoms with E-state index in [-0.39, 0.29) is 10.2 Å². The van der Waals surface area contributed by atoms with Gasteiger partial charge in [0.05, 0.1) is 4.75 Å². The van der Waals surface area contributed by atoms with Crippen LogP contribution in [0.1, 0.15) is 242 Å². The average molecular weight is 891 g/mol. The Morgan fingerprint density at radius 1 is 0.343 bits per heavy atom. The fraction of sp³-hybridized carbons (Fsp3) is 0.362. The molecule has 1 heteroatoms. The summed E-state index contributed by atoms with van der Waals surface area (Å²) in [5, 5.41) is 30.8. The molecule has 1 aliphatic heterocycles. The maximum absolute atomic E-state index is 2.89. The van der Waals surface area contributed by atoms with Gasteiger partial charge in [-0.1, -0.05) is 25.5 Å². The predicted octanol–water partition coefficient (Wildman–Crippen LogP) is 15.5. The van der Waals surface area contributed by atoms with Crippen LogP contribution in [0.3, 0.4) is 0 Å². The third-order valence-corrected chi connectivity index (χ3v) is 32.5. The van der Waals surface area contributed by atoms with E-state index in [0.717, 1.165) is 0 Å². The van der Waals surface area contributed by atoms with E-state index in [0.29, 0.717) is 118 Å². The maximum Gasteiger partial charge on any atom is 0.0645 e. The molecule has 0 aromatic heterocycles. The molecule has 0 radical (unpaired) electrons. The van der Waals surface area contributed by atoms with Crippen LogP contribution in [0.2, 0.25) is 0 Å². The van der Waals surface area contributed by atoms with E-state index in [1.165, 1.54) is 12.8 Å². The summed E-state index contributed by atoms with van der Waals surface area (Å²) in [7, 11) is 0. The molecule has 2 spiro atoms. The van der Waals surface area contributed by atoms with Gasteiger partial charge in [-0.3, -0.25) is 0 Å². The summed E-state index contributed by atoms with van der Waals surface area (Å²) < 4.78 is 0.0771. The zero-order valence-electron chi connectivity index (χ0n) is 37.6. The van der Waals surface area contributed by atoms with Crippen LogP contribution in [-0.4, -0.2) is 0 Å². The third-order valence-electron chi connectivity index (χ3n) is 30.8. The van der Waals surface area contributed by atoms with Gasteiger partial charge in [0, 0.05) is 10.3 Å². The summed E-state index contributed by atoms with van der Waals surface area (Å²) in [6.07, 6.45) is 2.46. The van der Waals surface area contributed by atoms with Crippen molar-refractivity contribution >= 4 is 97.9 Å². The Morgan fingerprint density at radius 3 is 1.13 bits per heavy atom. The lowest BCUT2D eigenvalue weighted by Crippen LogP contribution is -2.62. The first kappa shape index (κ1) is 28.0. The van der Waals surface area contributed by atoms with E-state index in [1.807, 2.05) is 203 Å². The molecule has 22 aliphatic carbocycles. The Labute approximate surface area is 400 Å². The van der Waals surface area contributed by atoms with Gasteiger partial charge in [-0.2, -0.15) is 0 Å². The van der Waals surface area contributed by atoms with Crippen LogP contribution in [0.4, 0.5) is 0 Å². The van der Waals surface area contributed by atoms with Gasteiger partial charge in [0.15, 0.2) is 0 Å². The lowest BCUT2D eigenvalue weighted by atomic mass is 9.39. The highest BCUT2D eigenvalue weighted by molar-refractivity contribution is 8.00. The van der Waals surface area contributed by atoms with Crippen LogP contribution in [0, 0.1) is 11.8 Å². The molecule has 1 fully saturated rings. The molecule has 0 saturated heterocycles. The lowest BCUT2D eigenvalue weighted by Gasteiger charge is -2.65. The van der Waals surface area contributed by atoms with Gasteiger partial charge >= 0.3 is 0 Å². The average Bonchev–Trinajstić information content (AvgIpc) is 4.27. The van der Waals surface area contributed by atoms with Gasteiger partial charge in [0.1, 0.15) is 0 Å². The Bertz CT molecular complexity index is 5460. The summed E-state index contributed by atoms with van der Waals surface area (Å²) in [4.78, 5) is 1.76. The molecule has 34 rings (SSSR count). The van der Waals surface area contributed by atoms with Crippen LogP contribution in [0.5, 0.6) is 0 Å². The van der Waals surface area contributed by atoms with Crippen LogP contribution in [0.15, 0.2) is 23.1 Å².